The van der Waals surface area contributed by atoms with E-state index < -0.39 is 5.79 Å². The van der Waals surface area contributed by atoms with Gasteiger partial charge >= 0.3 is 0 Å². The summed E-state index contributed by atoms with van der Waals surface area (Å²) in [4.78, 5) is 26.6. The summed E-state index contributed by atoms with van der Waals surface area (Å²) in [5, 5.41) is 0. The van der Waals surface area contributed by atoms with Gasteiger partial charge in [0.15, 0.2) is 5.79 Å². The Balaban J connectivity index is 1.64. The molecule has 0 radical (unpaired) electrons. The first-order valence-corrected chi connectivity index (χ1v) is 7.41. The smallest absolute Gasteiger partial charge is 0.237 e. The molecule has 0 N–H and O–H groups in total. The predicted molar refractivity (Wildman–Crippen MR) is 74.4 cm³/mol. The van der Waals surface area contributed by atoms with Crippen molar-refractivity contribution in [2.24, 2.45) is 11.8 Å². The molecule has 1 aromatic rings. The third-order valence-corrected chi connectivity index (χ3v) is 4.76. The highest BCUT2D eigenvalue weighted by Gasteiger charge is 2.56. The number of para-hydroxylation sites is 1. The zero-order valence-electron chi connectivity index (χ0n) is 11.7. The molecule has 2 atom stereocenters. The van der Waals surface area contributed by atoms with Crippen LogP contribution in [0.15, 0.2) is 30.3 Å². The molecule has 1 aliphatic carbocycles. The van der Waals surface area contributed by atoms with Gasteiger partial charge in [0.2, 0.25) is 11.8 Å². The number of amides is 2. The van der Waals surface area contributed by atoms with E-state index >= 15 is 0 Å². The molecule has 5 nitrogen and oxygen atoms in total. The van der Waals surface area contributed by atoms with E-state index in [0.29, 0.717) is 38.2 Å². The van der Waals surface area contributed by atoms with E-state index in [4.69, 9.17) is 9.47 Å². The Hall–Kier alpha value is -1.72. The summed E-state index contributed by atoms with van der Waals surface area (Å²) in [6.45, 7) is 1.14. The van der Waals surface area contributed by atoms with Crippen molar-refractivity contribution in [3.05, 3.63) is 30.3 Å². The lowest BCUT2D eigenvalue weighted by Crippen LogP contribution is -2.41. The summed E-state index contributed by atoms with van der Waals surface area (Å²) < 4.78 is 11.4. The maximum Gasteiger partial charge on any atom is 0.237 e. The van der Waals surface area contributed by atoms with Crippen LogP contribution in [0.3, 0.4) is 0 Å². The number of rotatable bonds is 1. The fourth-order valence-corrected chi connectivity index (χ4v) is 3.74. The molecule has 3 fully saturated rings. The van der Waals surface area contributed by atoms with Crippen LogP contribution < -0.4 is 4.90 Å². The number of benzene rings is 1. The summed E-state index contributed by atoms with van der Waals surface area (Å²) >= 11 is 0. The van der Waals surface area contributed by atoms with Crippen LogP contribution in [-0.2, 0) is 19.1 Å². The topological polar surface area (TPSA) is 55.8 Å². The molecule has 5 heteroatoms. The number of anilines is 1. The summed E-state index contributed by atoms with van der Waals surface area (Å²) in [6, 6.07) is 9.14. The minimum atomic E-state index is -0.635. The first-order valence-electron chi connectivity index (χ1n) is 7.41. The van der Waals surface area contributed by atoms with Gasteiger partial charge < -0.3 is 9.47 Å². The van der Waals surface area contributed by atoms with Crippen LogP contribution in [0, 0.1) is 11.8 Å². The first-order chi connectivity index (χ1) is 10.2. The van der Waals surface area contributed by atoms with Gasteiger partial charge in [-0.15, -0.1) is 0 Å². The van der Waals surface area contributed by atoms with Gasteiger partial charge in [0.25, 0.3) is 0 Å². The average Bonchev–Trinajstić information content (AvgIpc) is 3.05. The van der Waals surface area contributed by atoms with Gasteiger partial charge in [0.05, 0.1) is 30.7 Å². The molecule has 21 heavy (non-hydrogen) atoms. The predicted octanol–water partition coefficient (Wildman–Crippen LogP) is 1.72. The number of hydrogen-bond acceptors (Lipinski definition) is 4. The summed E-state index contributed by atoms with van der Waals surface area (Å²) in [5.74, 6) is -1.37. The Kier molecular flexibility index (Phi) is 2.87. The summed E-state index contributed by atoms with van der Waals surface area (Å²) in [7, 11) is 0. The zero-order chi connectivity index (χ0) is 14.4. The number of nitrogens with zero attached hydrogens (tertiary/aromatic N) is 1. The number of carbonyl (C=O) groups excluding carboxylic acids is 2. The van der Waals surface area contributed by atoms with Crippen LogP contribution in [0.5, 0.6) is 0 Å². The van der Waals surface area contributed by atoms with E-state index in [0.717, 1.165) is 0 Å². The molecule has 4 rings (SSSR count). The highest BCUT2D eigenvalue weighted by atomic mass is 16.7. The molecule has 2 amide bonds. The van der Waals surface area contributed by atoms with Gasteiger partial charge in [0, 0.05) is 12.8 Å². The van der Waals surface area contributed by atoms with Crippen molar-refractivity contribution in [1.82, 2.24) is 0 Å². The average molecular weight is 287 g/mol. The number of ether oxygens (including phenoxy) is 2. The van der Waals surface area contributed by atoms with Crippen molar-refractivity contribution < 1.29 is 19.1 Å². The molecule has 1 aromatic carbocycles. The van der Waals surface area contributed by atoms with Crippen molar-refractivity contribution in [1.29, 1.82) is 0 Å². The van der Waals surface area contributed by atoms with E-state index in [-0.39, 0.29) is 23.7 Å². The van der Waals surface area contributed by atoms with Crippen molar-refractivity contribution in [2.75, 3.05) is 18.1 Å². The van der Waals surface area contributed by atoms with Gasteiger partial charge in [-0.3, -0.25) is 14.5 Å². The van der Waals surface area contributed by atoms with Crippen molar-refractivity contribution >= 4 is 17.5 Å². The molecule has 110 valence electrons. The summed E-state index contributed by atoms with van der Waals surface area (Å²) in [6.07, 6.45) is 1.83. The quantitative estimate of drug-likeness (QED) is 0.738. The third-order valence-electron chi connectivity index (χ3n) is 4.76. The van der Waals surface area contributed by atoms with Gasteiger partial charge in [-0.1, -0.05) is 18.2 Å². The number of hydrogen-bond donors (Lipinski definition) is 0. The van der Waals surface area contributed by atoms with E-state index in [9.17, 15) is 9.59 Å². The Morgan fingerprint density at radius 1 is 1.00 bits per heavy atom. The Labute approximate surface area is 122 Å². The normalized spacial score (nSPS) is 31.0. The van der Waals surface area contributed by atoms with Gasteiger partial charge in [-0.25, -0.2) is 0 Å². The van der Waals surface area contributed by atoms with Gasteiger partial charge in [-0.05, 0) is 18.6 Å². The molecule has 1 saturated carbocycles. The Morgan fingerprint density at radius 3 is 2.38 bits per heavy atom. The molecular weight excluding hydrogens is 270 g/mol. The highest BCUT2D eigenvalue weighted by Crippen LogP contribution is 2.46. The Bertz CT molecular complexity index is 579. The molecule has 0 aromatic heterocycles. The molecule has 2 saturated heterocycles. The molecule has 2 heterocycles. The van der Waals surface area contributed by atoms with E-state index in [1.807, 2.05) is 18.2 Å². The van der Waals surface area contributed by atoms with Crippen molar-refractivity contribution in [2.45, 2.75) is 25.0 Å². The molecule has 3 aliphatic rings. The van der Waals surface area contributed by atoms with Crippen LogP contribution in [0.25, 0.3) is 0 Å². The molecule has 0 bridgehead atoms. The van der Waals surface area contributed by atoms with Gasteiger partial charge in [-0.2, -0.15) is 0 Å². The number of carbonyl (C=O) groups is 2. The van der Waals surface area contributed by atoms with Crippen LogP contribution in [0.2, 0.25) is 0 Å². The third kappa shape index (κ3) is 1.92. The van der Waals surface area contributed by atoms with E-state index in [1.54, 1.807) is 12.1 Å². The fraction of sp³-hybridized carbons (Fsp3) is 0.500. The van der Waals surface area contributed by atoms with E-state index in [1.165, 1.54) is 4.90 Å². The van der Waals surface area contributed by atoms with Crippen LogP contribution in [-0.4, -0.2) is 30.8 Å². The highest BCUT2D eigenvalue weighted by molar-refractivity contribution is 6.22. The molecular formula is C16H17NO4. The lowest BCUT2D eigenvalue weighted by Gasteiger charge is -2.35. The second-order valence-electron chi connectivity index (χ2n) is 5.91. The molecule has 2 aliphatic heterocycles. The molecule has 0 unspecified atom stereocenters. The molecule has 1 spiro atoms. The number of imide groups is 1. The maximum absolute atomic E-state index is 12.7. The first kappa shape index (κ1) is 13.0. The fourth-order valence-electron chi connectivity index (χ4n) is 3.74. The zero-order valence-corrected chi connectivity index (χ0v) is 11.7. The monoisotopic (exact) mass is 287 g/mol. The minimum absolute atomic E-state index is 0.0796. The number of fused-ring (bicyclic) bond motifs is 1. The van der Waals surface area contributed by atoms with E-state index in [2.05, 4.69) is 0 Å². The summed E-state index contributed by atoms with van der Waals surface area (Å²) in [5.41, 5.74) is 0.657. The van der Waals surface area contributed by atoms with Crippen molar-refractivity contribution in [3.8, 4) is 0 Å². The van der Waals surface area contributed by atoms with Gasteiger partial charge in [0.1, 0.15) is 0 Å². The standard InChI is InChI=1S/C16H17NO4/c18-14-12-6-7-16(20-8-9-21-16)10-13(12)15(19)17(14)11-4-2-1-3-5-11/h1-5,12-13H,6-10H2/t12-,13-/m1/s1. The second kappa shape index (κ2) is 4.64. The lowest BCUT2D eigenvalue weighted by molar-refractivity contribution is -0.193. The van der Waals surface area contributed by atoms with Crippen molar-refractivity contribution in [3.63, 3.8) is 0 Å². The SMILES string of the molecule is O=C1[C@@H]2CCC3(C[C@H]2C(=O)N1c1ccccc1)OCCO3. The maximum atomic E-state index is 12.7. The lowest BCUT2D eigenvalue weighted by atomic mass is 9.77. The second-order valence-corrected chi connectivity index (χ2v) is 5.91. The minimum Gasteiger partial charge on any atom is -0.348 e. The van der Waals surface area contributed by atoms with Crippen LogP contribution in [0.1, 0.15) is 19.3 Å². The Morgan fingerprint density at radius 2 is 1.67 bits per heavy atom. The van der Waals surface area contributed by atoms with Crippen LogP contribution in [0.4, 0.5) is 5.69 Å². The van der Waals surface area contributed by atoms with Crippen LogP contribution >= 0.6 is 0 Å². The largest absolute Gasteiger partial charge is 0.348 e.